The lowest BCUT2D eigenvalue weighted by molar-refractivity contribution is 0.0997. The van der Waals surface area contributed by atoms with Crippen LogP contribution in [0, 0.1) is 0 Å². The summed E-state index contributed by atoms with van der Waals surface area (Å²) in [5, 5.41) is 3.97. The van der Waals surface area contributed by atoms with E-state index in [2.05, 4.69) is 5.32 Å². The second-order valence-corrected chi connectivity index (χ2v) is 7.85. The second-order valence-electron chi connectivity index (χ2n) is 6.47. The Bertz CT molecular complexity index is 988. The minimum Gasteiger partial charge on any atom is -0.451 e. The quantitative estimate of drug-likeness (QED) is 0.700. The van der Waals surface area contributed by atoms with Crippen molar-refractivity contribution in [2.45, 2.75) is 35.8 Å². The fraction of sp³-hybridized carbons (Fsp3) is 0.238. The molecular formula is C21H19NO3S. The number of benzene rings is 2. The number of hydrogen-bond donors (Lipinski definition) is 1. The van der Waals surface area contributed by atoms with Crippen molar-refractivity contribution in [3.8, 4) is 0 Å². The summed E-state index contributed by atoms with van der Waals surface area (Å²) >= 11 is 1.91. The van der Waals surface area contributed by atoms with E-state index in [1.54, 1.807) is 24.3 Å². The molecule has 0 radical (unpaired) electrons. The van der Waals surface area contributed by atoms with E-state index in [-0.39, 0.29) is 11.2 Å². The van der Waals surface area contributed by atoms with Crippen molar-refractivity contribution in [3.05, 3.63) is 70.6 Å². The molecule has 4 rings (SSSR count). The SMILES string of the molecule is O=C(Nc1ccc(SC2CCCC2)cc1)c1cc(=O)c2ccccc2o1. The lowest BCUT2D eigenvalue weighted by Crippen LogP contribution is -2.14. The Morgan fingerprint density at radius 3 is 2.54 bits per heavy atom. The van der Waals surface area contributed by atoms with Gasteiger partial charge in [0.2, 0.25) is 0 Å². The lowest BCUT2D eigenvalue weighted by atomic mass is 10.2. The maximum Gasteiger partial charge on any atom is 0.291 e. The smallest absolute Gasteiger partial charge is 0.291 e. The maximum atomic E-state index is 12.4. The van der Waals surface area contributed by atoms with Gasteiger partial charge in [0.25, 0.3) is 5.91 Å². The third kappa shape index (κ3) is 3.68. The third-order valence-electron chi connectivity index (χ3n) is 4.58. The molecule has 0 atom stereocenters. The number of para-hydroxylation sites is 1. The molecule has 1 amide bonds. The number of thioether (sulfide) groups is 1. The van der Waals surface area contributed by atoms with Crippen molar-refractivity contribution < 1.29 is 9.21 Å². The highest BCUT2D eigenvalue weighted by atomic mass is 32.2. The molecule has 1 aliphatic carbocycles. The molecule has 1 N–H and O–H groups in total. The first-order valence-corrected chi connectivity index (χ1v) is 9.68. The fourth-order valence-electron chi connectivity index (χ4n) is 3.22. The van der Waals surface area contributed by atoms with Gasteiger partial charge in [-0.3, -0.25) is 9.59 Å². The molecule has 0 spiro atoms. The van der Waals surface area contributed by atoms with Crippen molar-refractivity contribution in [1.82, 2.24) is 0 Å². The van der Waals surface area contributed by atoms with Gasteiger partial charge in [-0.2, -0.15) is 0 Å². The third-order valence-corrected chi connectivity index (χ3v) is 5.92. The molecule has 0 bridgehead atoms. The predicted molar refractivity (Wildman–Crippen MR) is 105 cm³/mol. The molecule has 2 aromatic carbocycles. The number of fused-ring (bicyclic) bond motifs is 1. The van der Waals surface area contributed by atoms with Crippen molar-refractivity contribution in [3.63, 3.8) is 0 Å². The predicted octanol–water partition coefficient (Wildman–Crippen LogP) is 5.08. The van der Waals surface area contributed by atoms with Crippen LogP contribution in [0.2, 0.25) is 0 Å². The van der Waals surface area contributed by atoms with E-state index in [1.165, 1.54) is 36.6 Å². The number of rotatable bonds is 4. The molecule has 1 fully saturated rings. The van der Waals surface area contributed by atoms with E-state index in [0.717, 1.165) is 0 Å². The van der Waals surface area contributed by atoms with E-state index in [1.807, 2.05) is 36.0 Å². The summed E-state index contributed by atoms with van der Waals surface area (Å²) in [5.74, 6) is -0.415. The minimum atomic E-state index is -0.427. The molecule has 1 heterocycles. The average molecular weight is 365 g/mol. The summed E-state index contributed by atoms with van der Waals surface area (Å²) in [6.07, 6.45) is 5.21. The molecule has 0 saturated heterocycles. The summed E-state index contributed by atoms with van der Waals surface area (Å²) < 4.78 is 5.57. The molecule has 0 aliphatic heterocycles. The van der Waals surface area contributed by atoms with Crippen LogP contribution in [-0.2, 0) is 0 Å². The fourth-order valence-corrected chi connectivity index (χ4v) is 4.47. The molecule has 3 aromatic rings. The van der Waals surface area contributed by atoms with Gasteiger partial charge in [0.1, 0.15) is 5.58 Å². The number of anilines is 1. The average Bonchev–Trinajstić information content (AvgIpc) is 3.16. The first-order valence-electron chi connectivity index (χ1n) is 8.80. The second kappa shape index (κ2) is 7.38. The number of carbonyl (C=O) groups excluding carboxylic acids is 1. The van der Waals surface area contributed by atoms with Crippen LogP contribution in [0.15, 0.2) is 68.7 Å². The van der Waals surface area contributed by atoms with Crippen LogP contribution in [0.25, 0.3) is 11.0 Å². The zero-order valence-corrected chi connectivity index (χ0v) is 15.1. The summed E-state index contributed by atoms with van der Waals surface area (Å²) in [4.78, 5) is 25.8. The Kier molecular flexibility index (Phi) is 4.80. The van der Waals surface area contributed by atoms with E-state index in [4.69, 9.17) is 4.42 Å². The van der Waals surface area contributed by atoms with Crippen LogP contribution in [-0.4, -0.2) is 11.2 Å². The zero-order chi connectivity index (χ0) is 17.9. The number of carbonyl (C=O) groups is 1. The Morgan fingerprint density at radius 1 is 1.04 bits per heavy atom. The normalized spacial score (nSPS) is 14.6. The van der Waals surface area contributed by atoms with Crippen molar-refractivity contribution >= 4 is 34.3 Å². The highest BCUT2D eigenvalue weighted by molar-refractivity contribution is 8.00. The molecule has 1 saturated carbocycles. The van der Waals surface area contributed by atoms with Crippen molar-refractivity contribution in [1.29, 1.82) is 0 Å². The molecule has 26 heavy (non-hydrogen) atoms. The molecule has 4 nitrogen and oxygen atoms in total. The van der Waals surface area contributed by atoms with Gasteiger partial charge in [0.15, 0.2) is 11.2 Å². The van der Waals surface area contributed by atoms with E-state index < -0.39 is 5.91 Å². The largest absolute Gasteiger partial charge is 0.451 e. The lowest BCUT2D eigenvalue weighted by Gasteiger charge is -2.10. The van der Waals surface area contributed by atoms with Crippen LogP contribution in [0.4, 0.5) is 5.69 Å². The monoisotopic (exact) mass is 365 g/mol. The number of amides is 1. The number of nitrogens with one attached hydrogen (secondary N) is 1. The van der Waals surface area contributed by atoms with Gasteiger partial charge in [-0.05, 0) is 49.2 Å². The van der Waals surface area contributed by atoms with E-state index in [9.17, 15) is 9.59 Å². The van der Waals surface area contributed by atoms with Gasteiger partial charge >= 0.3 is 0 Å². The Balaban J connectivity index is 1.48. The van der Waals surface area contributed by atoms with Crippen LogP contribution in [0.5, 0.6) is 0 Å². The summed E-state index contributed by atoms with van der Waals surface area (Å²) in [7, 11) is 0. The summed E-state index contributed by atoms with van der Waals surface area (Å²) in [6.45, 7) is 0. The summed E-state index contributed by atoms with van der Waals surface area (Å²) in [5.41, 5.74) is 0.871. The molecule has 1 aliphatic rings. The van der Waals surface area contributed by atoms with Crippen LogP contribution < -0.4 is 10.7 Å². The standard InChI is InChI=1S/C21H19NO3S/c23-18-13-20(25-19-8-4-3-7-17(18)19)21(24)22-14-9-11-16(12-10-14)26-15-5-1-2-6-15/h3-4,7-13,15H,1-2,5-6H2,(H,22,24). The Morgan fingerprint density at radius 2 is 1.77 bits per heavy atom. The van der Waals surface area contributed by atoms with Gasteiger partial charge in [0, 0.05) is 21.9 Å². The first kappa shape index (κ1) is 16.9. The van der Waals surface area contributed by atoms with Gasteiger partial charge in [-0.15, -0.1) is 11.8 Å². The topological polar surface area (TPSA) is 59.3 Å². The maximum absolute atomic E-state index is 12.4. The minimum absolute atomic E-state index is 0.0121. The molecule has 0 unspecified atom stereocenters. The molecule has 132 valence electrons. The summed E-state index contributed by atoms with van der Waals surface area (Å²) in [6, 6.07) is 16.0. The van der Waals surface area contributed by atoms with E-state index in [0.29, 0.717) is 21.9 Å². The highest BCUT2D eigenvalue weighted by Crippen LogP contribution is 2.35. The van der Waals surface area contributed by atoms with Crippen LogP contribution in [0.1, 0.15) is 36.2 Å². The van der Waals surface area contributed by atoms with Crippen LogP contribution in [0.3, 0.4) is 0 Å². The number of hydrogen-bond acceptors (Lipinski definition) is 4. The van der Waals surface area contributed by atoms with Crippen molar-refractivity contribution in [2.24, 2.45) is 0 Å². The molecule has 5 heteroatoms. The Labute approximate surface area is 155 Å². The van der Waals surface area contributed by atoms with Crippen LogP contribution >= 0.6 is 11.8 Å². The van der Waals surface area contributed by atoms with Gasteiger partial charge in [-0.1, -0.05) is 25.0 Å². The van der Waals surface area contributed by atoms with Gasteiger partial charge < -0.3 is 9.73 Å². The van der Waals surface area contributed by atoms with Crippen molar-refractivity contribution in [2.75, 3.05) is 5.32 Å². The van der Waals surface area contributed by atoms with Gasteiger partial charge in [0.05, 0.1) is 5.39 Å². The zero-order valence-electron chi connectivity index (χ0n) is 14.2. The Hall–Kier alpha value is -2.53. The van der Waals surface area contributed by atoms with Gasteiger partial charge in [-0.25, -0.2) is 0 Å². The molecule has 1 aromatic heterocycles. The highest BCUT2D eigenvalue weighted by Gasteiger charge is 2.16. The molecular weight excluding hydrogens is 346 g/mol. The first-order chi connectivity index (χ1) is 12.7. The van der Waals surface area contributed by atoms with E-state index >= 15 is 0 Å².